The molecule has 0 atom stereocenters. The molecule has 0 N–H and O–H groups in total. The second-order valence-electron chi connectivity index (χ2n) is 7.05. The molecule has 2 aromatic rings. The van der Waals surface area contributed by atoms with Crippen LogP contribution in [-0.2, 0) is 14.3 Å². The van der Waals surface area contributed by atoms with Gasteiger partial charge in [-0.15, -0.1) is 0 Å². The van der Waals surface area contributed by atoms with Crippen LogP contribution >= 0.6 is 11.8 Å². The smallest absolute Gasteiger partial charge is 0.268 e. The summed E-state index contributed by atoms with van der Waals surface area (Å²) in [7, 11) is 0. The Morgan fingerprint density at radius 2 is 1.48 bits per heavy atom. The van der Waals surface area contributed by atoms with Crippen LogP contribution < -0.4 is 0 Å². The number of imide groups is 1. The molecule has 0 saturated carbocycles. The van der Waals surface area contributed by atoms with E-state index in [1.807, 2.05) is 60.7 Å². The number of nitrogens with zero attached hydrogens (tertiary/aromatic N) is 2. The normalized spacial score (nSPS) is 18.0. The van der Waals surface area contributed by atoms with Gasteiger partial charge in [0.05, 0.1) is 23.7 Å². The van der Waals surface area contributed by atoms with Crippen molar-refractivity contribution >= 4 is 29.1 Å². The molecule has 4 rings (SSSR count). The van der Waals surface area contributed by atoms with Crippen LogP contribution in [0.4, 0.5) is 0 Å². The fourth-order valence-electron chi connectivity index (χ4n) is 3.59. The minimum absolute atomic E-state index is 0.190. The van der Waals surface area contributed by atoms with Crippen molar-refractivity contribution < 1.29 is 14.3 Å². The molecule has 150 valence electrons. The number of thioether (sulfide) groups is 1. The summed E-state index contributed by atoms with van der Waals surface area (Å²) >= 11 is 1.37. The van der Waals surface area contributed by atoms with Crippen molar-refractivity contribution in [3.05, 3.63) is 71.1 Å². The van der Waals surface area contributed by atoms with E-state index >= 15 is 0 Å². The third-order valence-corrected chi connectivity index (χ3v) is 6.20. The van der Waals surface area contributed by atoms with Crippen molar-refractivity contribution in [3.8, 4) is 0 Å². The van der Waals surface area contributed by atoms with Gasteiger partial charge in [-0.2, -0.15) is 0 Å². The first-order valence-electron chi connectivity index (χ1n) is 9.93. The summed E-state index contributed by atoms with van der Waals surface area (Å²) in [5.41, 5.74) is 1.30. The van der Waals surface area contributed by atoms with Gasteiger partial charge in [-0.1, -0.05) is 60.3 Å². The lowest BCUT2D eigenvalue weighted by atomic mass is 10.1. The van der Waals surface area contributed by atoms with Crippen molar-refractivity contribution in [2.45, 2.75) is 11.3 Å². The van der Waals surface area contributed by atoms with Crippen LogP contribution in [0.2, 0.25) is 0 Å². The van der Waals surface area contributed by atoms with Crippen LogP contribution in [-0.4, -0.2) is 61.0 Å². The molecule has 29 heavy (non-hydrogen) atoms. The van der Waals surface area contributed by atoms with Crippen molar-refractivity contribution in [1.82, 2.24) is 9.80 Å². The van der Waals surface area contributed by atoms with E-state index in [-0.39, 0.29) is 11.8 Å². The summed E-state index contributed by atoms with van der Waals surface area (Å²) in [5.74, 6) is -0.383. The van der Waals surface area contributed by atoms with E-state index in [4.69, 9.17) is 4.74 Å². The minimum Gasteiger partial charge on any atom is -0.379 e. The van der Waals surface area contributed by atoms with Gasteiger partial charge in [-0.05, 0) is 24.1 Å². The Labute approximate surface area is 175 Å². The quantitative estimate of drug-likeness (QED) is 0.658. The molecule has 2 aromatic carbocycles. The molecule has 0 aromatic heterocycles. The Kier molecular flexibility index (Phi) is 6.44. The molecule has 2 amide bonds. The van der Waals surface area contributed by atoms with Gasteiger partial charge in [-0.3, -0.25) is 19.4 Å². The summed E-state index contributed by atoms with van der Waals surface area (Å²) in [6, 6.07) is 19.2. The Balaban J connectivity index is 1.53. The van der Waals surface area contributed by atoms with Gasteiger partial charge >= 0.3 is 0 Å². The predicted octanol–water partition coefficient (Wildman–Crippen LogP) is 3.28. The SMILES string of the molecule is O=C1C(Sc2ccccc2)=C(c2ccccc2)C(=O)N1CCCN1CCOCC1. The number of hydrogen-bond acceptors (Lipinski definition) is 5. The number of carbonyl (C=O) groups is 2. The van der Waals surface area contributed by atoms with Crippen LogP contribution in [0, 0.1) is 0 Å². The number of amides is 2. The van der Waals surface area contributed by atoms with Gasteiger partial charge < -0.3 is 4.74 Å². The average molecular weight is 409 g/mol. The lowest BCUT2D eigenvalue weighted by molar-refractivity contribution is -0.136. The molecule has 2 aliphatic heterocycles. The molecule has 0 unspecified atom stereocenters. The number of ether oxygens (including phenoxy) is 1. The van der Waals surface area contributed by atoms with Crippen molar-refractivity contribution in [2.75, 3.05) is 39.4 Å². The molecule has 1 saturated heterocycles. The lowest BCUT2D eigenvalue weighted by Gasteiger charge is -2.27. The highest BCUT2D eigenvalue weighted by Gasteiger charge is 2.39. The van der Waals surface area contributed by atoms with Gasteiger partial charge in [-0.25, -0.2) is 0 Å². The summed E-state index contributed by atoms with van der Waals surface area (Å²) in [5, 5.41) is 0. The Morgan fingerprint density at radius 1 is 0.828 bits per heavy atom. The minimum atomic E-state index is -0.193. The topological polar surface area (TPSA) is 49.9 Å². The molecule has 0 spiro atoms. The summed E-state index contributed by atoms with van der Waals surface area (Å²) in [6.45, 7) is 4.61. The zero-order valence-corrected chi connectivity index (χ0v) is 17.1. The lowest BCUT2D eigenvalue weighted by Crippen LogP contribution is -2.39. The first-order valence-corrected chi connectivity index (χ1v) is 10.7. The monoisotopic (exact) mass is 408 g/mol. The number of morpholine rings is 1. The van der Waals surface area contributed by atoms with E-state index < -0.39 is 0 Å². The van der Waals surface area contributed by atoms with E-state index in [0.29, 0.717) is 17.0 Å². The van der Waals surface area contributed by atoms with Crippen LogP contribution in [0.3, 0.4) is 0 Å². The van der Waals surface area contributed by atoms with E-state index in [1.165, 1.54) is 16.7 Å². The van der Waals surface area contributed by atoms with Crippen LogP contribution in [0.1, 0.15) is 12.0 Å². The highest BCUT2D eigenvalue weighted by molar-refractivity contribution is 8.04. The van der Waals surface area contributed by atoms with Gasteiger partial charge in [0.1, 0.15) is 0 Å². The first kappa shape index (κ1) is 19.9. The number of rotatable bonds is 7. The van der Waals surface area contributed by atoms with Crippen molar-refractivity contribution in [1.29, 1.82) is 0 Å². The van der Waals surface area contributed by atoms with Crippen LogP contribution in [0.15, 0.2) is 70.5 Å². The molecule has 5 nitrogen and oxygen atoms in total. The Bertz CT molecular complexity index is 893. The summed E-state index contributed by atoms with van der Waals surface area (Å²) < 4.78 is 5.38. The Hall–Kier alpha value is -2.41. The van der Waals surface area contributed by atoms with E-state index in [1.54, 1.807) is 0 Å². The van der Waals surface area contributed by atoms with Crippen molar-refractivity contribution in [3.63, 3.8) is 0 Å². The molecule has 0 aliphatic carbocycles. The van der Waals surface area contributed by atoms with Crippen LogP contribution in [0.5, 0.6) is 0 Å². The second-order valence-corrected chi connectivity index (χ2v) is 8.14. The summed E-state index contributed by atoms with van der Waals surface area (Å²) in [6.07, 6.45) is 0.767. The van der Waals surface area contributed by atoms with Gasteiger partial charge in [0.15, 0.2) is 0 Å². The fourth-order valence-corrected chi connectivity index (χ4v) is 4.63. The van der Waals surface area contributed by atoms with E-state index in [9.17, 15) is 9.59 Å². The van der Waals surface area contributed by atoms with Gasteiger partial charge in [0, 0.05) is 31.1 Å². The third-order valence-electron chi connectivity index (χ3n) is 5.11. The number of carbonyl (C=O) groups excluding carboxylic acids is 2. The molecule has 2 aliphatic rings. The maximum Gasteiger partial charge on any atom is 0.268 e. The highest BCUT2D eigenvalue weighted by atomic mass is 32.2. The molecular formula is C23H24N2O3S. The molecule has 0 radical (unpaired) electrons. The molecular weight excluding hydrogens is 384 g/mol. The van der Waals surface area contributed by atoms with Crippen molar-refractivity contribution in [2.24, 2.45) is 0 Å². The summed E-state index contributed by atoms with van der Waals surface area (Å²) in [4.78, 5) is 31.6. The predicted molar refractivity (Wildman–Crippen MR) is 114 cm³/mol. The highest BCUT2D eigenvalue weighted by Crippen LogP contribution is 2.39. The molecule has 0 bridgehead atoms. The maximum atomic E-state index is 13.2. The third kappa shape index (κ3) is 4.61. The van der Waals surface area contributed by atoms with E-state index in [2.05, 4.69) is 4.90 Å². The molecule has 6 heteroatoms. The second kappa shape index (κ2) is 9.39. The zero-order valence-electron chi connectivity index (χ0n) is 16.3. The fraction of sp³-hybridized carbons (Fsp3) is 0.304. The first-order chi connectivity index (χ1) is 14.2. The Morgan fingerprint density at radius 3 is 2.17 bits per heavy atom. The van der Waals surface area contributed by atoms with Gasteiger partial charge in [0.25, 0.3) is 11.8 Å². The largest absolute Gasteiger partial charge is 0.379 e. The zero-order chi connectivity index (χ0) is 20.1. The number of benzene rings is 2. The maximum absolute atomic E-state index is 13.2. The van der Waals surface area contributed by atoms with Crippen LogP contribution in [0.25, 0.3) is 5.57 Å². The van der Waals surface area contributed by atoms with E-state index in [0.717, 1.165) is 49.7 Å². The molecule has 2 heterocycles. The van der Waals surface area contributed by atoms with Gasteiger partial charge in [0.2, 0.25) is 0 Å². The standard InChI is InChI=1S/C23H24N2O3S/c26-22-20(18-8-3-1-4-9-18)21(29-19-10-5-2-6-11-19)23(27)25(22)13-7-12-24-14-16-28-17-15-24/h1-6,8-11H,7,12-17H2. The number of hydrogen-bond donors (Lipinski definition) is 0. The average Bonchev–Trinajstić information content (AvgIpc) is 3.00. The molecule has 1 fully saturated rings.